The molecule has 1 rings (SSSR count). The van der Waals surface area contributed by atoms with Crippen molar-refractivity contribution in [1.82, 2.24) is 0 Å². The van der Waals surface area contributed by atoms with Gasteiger partial charge in [0.2, 0.25) is 0 Å². The Balaban J connectivity index is 0.000000371. The van der Waals surface area contributed by atoms with E-state index in [0.717, 1.165) is 12.8 Å². The van der Waals surface area contributed by atoms with E-state index in [9.17, 15) is 5.11 Å². The molecule has 1 N–H and O–H groups in total. The normalized spacial score (nSPS) is 31.2. The second-order valence-electron chi connectivity index (χ2n) is 2.67. The van der Waals surface area contributed by atoms with Crippen LogP contribution in [-0.2, 0) is 0 Å². The summed E-state index contributed by atoms with van der Waals surface area (Å²) in [7, 11) is 0. The second kappa shape index (κ2) is 5.72. The van der Waals surface area contributed by atoms with Gasteiger partial charge in [-0.25, -0.2) is 0 Å². The summed E-state index contributed by atoms with van der Waals surface area (Å²) in [5.74, 6) is 0.620. The van der Waals surface area contributed by atoms with Crippen LogP contribution in [-0.4, -0.2) is 11.2 Å². The van der Waals surface area contributed by atoms with Crippen LogP contribution in [0.1, 0.15) is 46.5 Å². The van der Waals surface area contributed by atoms with E-state index in [0.29, 0.717) is 5.92 Å². The summed E-state index contributed by atoms with van der Waals surface area (Å²) in [5, 5.41) is 9.19. The molecule has 2 atom stereocenters. The molecule has 0 aromatic carbocycles. The Morgan fingerprint density at radius 3 is 2.10 bits per heavy atom. The highest BCUT2D eigenvalue weighted by atomic mass is 16.3. The van der Waals surface area contributed by atoms with E-state index in [1.165, 1.54) is 12.8 Å². The maximum atomic E-state index is 9.19. The van der Waals surface area contributed by atoms with Gasteiger partial charge in [0.25, 0.3) is 0 Å². The molecule has 0 spiro atoms. The fraction of sp³-hybridized carbons (Fsp3) is 1.00. The minimum atomic E-state index is 0.0278. The van der Waals surface area contributed by atoms with Crippen molar-refractivity contribution in [1.29, 1.82) is 0 Å². The minimum Gasteiger partial charge on any atom is -0.393 e. The summed E-state index contributed by atoms with van der Waals surface area (Å²) in [6, 6.07) is 0. The van der Waals surface area contributed by atoms with E-state index >= 15 is 0 Å². The third-order valence-electron chi connectivity index (χ3n) is 2.14. The first-order valence-electron chi connectivity index (χ1n) is 4.52. The Morgan fingerprint density at radius 1 is 1.30 bits per heavy atom. The van der Waals surface area contributed by atoms with Crippen molar-refractivity contribution in [2.24, 2.45) is 5.92 Å². The van der Waals surface area contributed by atoms with Crippen LogP contribution in [0.4, 0.5) is 0 Å². The van der Waals surface area contributed by atoms with E-state index in [4.69, 9.17) is 0 Å². The Labute approximate surface area is 64.5 Å². The molecule has 0 amide bonds. The van der Waals surface area contributed by atoms with E-state index in [-0.39, 0.29) is 6.10 Å². The summed E-state index contributed by atoms with van der Waals surface area (Å²) >= 11 is 0. The van der Waals surface area contributed by atoms with Crippen molar-refractivity contribution in [3.8, 4) is 0 Å². The molecular weight excluding hydrogens is 124 g/mol. The lowest BCUT2D eigenvalue weighted by Gasteiger charge is -2.09. The van der Waals surface area contributed by atoms with Gasteiger partial charge in [-0.2, -0.15) is 0 Å². The second-order valence-corrected chi connectivity index (χ2v) is 2.67. The third kappa shape index (κ3) is 2.70. The molecule has 62 valence electrons. The summed E-state index contributed by atoms with van der Waals surface area (Å²) in [5.41, 5.74) is 0. The van der Waals surface area contributed by atoms with Gasteiger partial charge >= 0.3 is 0 Å². The molecule has 0 saturated heterocycles. The average Bonchev–Trinajstić information content (AvgIpc) is 2.39. The van der Waals surface area contributed by atoms with Crippen LogP contribution < -0.4 is 0 Å². The molecule has 0 aliphatic heterocycles. The van der Waals surface area contributed by atoms with Gasteiger partial charge in [0.1, 0.15) is 0 Å². The van der Waals surface area contributed by atoms with Crippen LogP contribution in [0.5, 0.6) is 0 Å². The summed E-state index contributed by atoms with van der Waals surface area (Å²) < 4.78 is 0. The quantitative estimate of drug-likeness (QED) is 0.599. The lowest BCUT2D eigenvalue weighted by molar-refractivity contribution is 0.130. The largest absolute Gasteiger partial charge is 0.393 e. The first kappa shape index (κ1) is 9.96. The number of hydrogen-bond acceptors (Lipinski definition) is 1. The van der Waals surface area contributed by atoms with Crippen molar-refractivity contribution >= 4 is 0 Å². The average molecular weight is 144 g/mol. The fourth-order valence-electron chi connectivity index (χ4n) is 1.49. The molecule has 1 aliphatic carbocycles. The van der Waals surface area contributed by atoms with Gasteiger partial charge in [0.05, 0.1) is 6.10 Å². The lowest BCUT2D eigenvalue weighted by Crippen LogP contribution is -2.10. The van der Waals surface area contributed by atoms with Gasteiger partial charge in [-0.15, -0.1) is 0 Å². The smallest absolute Gasteiger partial charge is 0.0568 e. The molecule has 0 heterocycles. The van der Waals surface area contributed by atoms with Crippen molar-refractivity contribution in [3.63, 3.8) is 0 Å². The van der Waals surface area contributed by atoms with Crippen molar-refractivity contribution < 1.29 is 5.11 Å². The number of hydrogen-bond donors (Lipinski definition) is 1. The van der Waals surface area contributed by atoms with E-state index in [1.807, 2.05) is 13.8 Å². The Morgan fingerprint density at radius 2 is 1.90 bits per heavy atom. The predicted molar refractivity (Wildman–Crippen MR) is 45.0 cm³/mol. The monoisotopic (exact) mass is 144 g/mol. The standard InChI is InChI=1S/C7H14O.C2H6/c1-2-6-4-3-5-7(6)8;1-2/h6-8H,2-5H2,1H3;1-2H3. The van der Waals surface area contributed by atoms with Crippen LogP contribution in [0, 0.1) is 5.92 Å². The lowest BCUT2D eigenvalue weighted by atomic mass is 10.0. The molecule has 1 saturated carbocycles. The van der Waals surface area contributed by atoms with Gasteiger partial charge in [0.15, 0.2) is 0 Å². The first-order valence-corrected chi connectivity index (χ1v) is 4.52. The summed E-state index contributed by atoms with van der Waals surface area (Å²) in [6.45, 7) is 6.15. The van der Waals surface area contributed by atoms with Crippen LogP contribution in [0.3, 0.4) is 0 Å². The molecular formula is C9H20O. The summed E-state index contributed by atoms with van der Waals surface area (Å²) in [6.07, 6.45) is 4.71. The van der Waals surface area contributed by atoms with Crippen LogP contribution in [0.25, 0.3) is 0 Å². The summed E-state index contributed by atoms with van der Waals surface area (Å²) in [4.78, 5) is 0. The molecule has 0 radical (unpaired) electrons. The maximum absolute atomic E-state index is 9.19. The first-order chi connectivity index (χ1) is 4.84. The number of aliphatic hydroxyl groups is 1. The van der Waals surface area contributed by atoms with Gasteiger partial charge in [-0.1, -0.05) is 33.6 Å². The third-order valence-corrected chi connectivity index (χ3v) is 2.14. The highest BCUT2D eigenvalue weighted by Gasteiger charge is 2.22. The molecule has 1 fully saturated rings. The molecule has 0 aromatic rings. The molecule has 10 heavy (non-hydrogen) atoms. The zero-order chi connectivity index (χ0) is 7.98. The Bertz CT molecular complexity index is 71.1. The molecule has 2 unspecified atom stereocenters. The van der Waals surface area contributed by atoms with Gasteiger partial charge in [0, 0.05) is 0 Å². The fourth-order valence-corrected chi connectivity index (χ4v) is 1.49. The zero-order valence-corrected chi connectivity index (χ0v) is 7.43. The van der Waals surface area contributed by atoms with Gasteiger partial charge in [-0.3, -0.25) is 0 Å². The van der Waals surface area contributed by atoms with Crippen LogP contribution >= 0.6 is 0 Å². The minimum absolute atomic E-state index is 0.0278. The van der Waals surface area contributed by atoms with Crippen molar-refractivity contribution in [2.45, 2.75) is 52.6 Å². The highest BCUT2D eigenvalue weighted by molar-refractivity contribution is 4.74. The Kier molecular flexibility index (Phi) is 5.70. The number of rotatable bonds is 1. The van der Waals surface area contributed by atoms with Gasteiger partial charge in [-0.05, 0) is 18.8 Å². The van der Waals surface area contributed by atoms with Crippen LogP contribution in [0.2, 0.25) is 0 Å². The van der Waals surface area contributed by atoms with E-state index < -0.39 is 0 Å². The predicted octanol–water partition coefficient (Wildman–Crippen LogP) is 2.58. The van der Waals surface area contributed by atoms with Crippen molar-refractivity contribution in [2.75, 3.05) is 0 Å². The molecule has 1 heteroatoms. The number of aliphatic hydroxyl groups excluding tert-OH is 1. The van der Waals surface area contributed by atoms with E-state index in [2.05, 4.69) is 6.92 Å². The van der Waals surface area contributed by atoms with E-state index in [1.54, 1.807) is 0 Å². The zero-order valence-electron chi connectivity index (χ0n) is 7.43. The highest BCUT2D eigenvalue weighted by Crippen LogP contribution is 2.27. The topological polar surface area (TPSA) is 20.2 Å². The maximum Gasteiger partial charge on any atom is 0.0568 e. The van der Waals surface area contributed by atoms with Crippen LogP contribution in [0.15, 0.2) is 0 Å². The Hall–Kier alpha value is -0.0400. The van der Waals surface area contributed by atoms with Gasteiger partial charge < -0.3 is 5.11 Å². The molecule has 1 aliphatic rings. The molecule has 1 nitrogen and oxygen atoms in total. The molecule has 0 bridgehead atoms. The molecule has 0 aromatic heterocycles. The van der Waals surface area contributed by atoms with Crippen molar-refractivity contribution in [3.05, 3.63) is 0 Å². The SMILES string of the molecule is CC.CCC1CCCC1O.